The highest BCUT2D eigenvalue weighted by molar-refractivity contribution is 5.75. The van der Waals surface area contributed by atoms with E-state index >= 15 is 0 Å². The lowest BCUT2D eigenvalue weighted by molar-refractivity contribution is -0.137. The van der Waals surface area contributed by atoms with Gasteiger partial charge in [-0.05, 0) is 17.7 Å². The number of nitrogens with one attached hydrogen (secondary N) is 1. The average molecular weight is 261 g/mol. The Labute approximate surface area is 100 Å². The second kappa shape index (κ2) is 5.52. The van der Waals surface area contributed by atoms with Crippen LogP contribution in [-0.4, -0.2) is 17.0 Å². The minimum Gasteiger partial charge on any atom is -0.481 e. The van der Waals surface area contributed by atoms with Gasteiger partial charge in [-0.1, -0.05) is 0 Å². The molecule has 0 unspecified atom stereocenters. The van der Waals surface area contributed by atoms with Gasteiger partial charge in [0, 0.05) is 6.92 Å². The van der Waals surface area contributed by atoms with Gasteiger partial charge in [0.2, 0.25) is 5.91 Å². The van der Waals surface area contributed by atoms with Crippen LogP contribution < -0.4 is 5.32 Å². The molecule has 1 atom stereocenters. The summed E-state index contributed by atoms with van der Waals surface area (Å²) in [5.74, 6) is -6.35. The molecule has 98 valence electrons. The van der Waals surface area contributed by atoms with E-state index in [1.54, 1.807) is 0 Å². The van der Waals surface area contributed by atoms with E-state index in [0.29, 0.717) is 12.1 Å². The number of carbonyl (C=O) groups is 2. The van der Waals surface area contributed by atoms with Crippen molar-refractivity contribution < 1.29 is 27.9 Å². The number of benzene rings is 1. The number of rotatable bonds is 4. The Morgan fingerprint density at radius 3 is 2.17 bits per heavy atom. The van der Waals surface area contributed by atoms with Crippen LogP contribution in [0.1, 0.15) is 24.9 Å². The summed E-state index contributed by atoms with van der Waals surface area (Å²) in [5.41, 5.74) is -0.149. The number of hydrogen-bond donors (Lipinski definition) is 2. The van der Waals surface area contributed by atoms with Crippen LogP contribution in [0.3, 0.4) is 0 Å². The number of amides is 1. The molecule has 2 N–H and O–H groups in total. The van der Waals surface area contributed by atoms with Crippen molar-refractivity contribution in [3.63, 3.8) is 0 Å². The number of carboxylic acid groups (broad SMARTS) is 1. The van der Waals surface area contributed by atoms with E-state index in [-0.39, 0.29) is 5.56 Å². The maximum atomic E-state index is 13.0. The van der Waals surface area contributed by atoms with Crippen LogP contribution in [0.2, 0.25) is 0 Å². The fraction of sp³-hybridized carbons (Fsp3) is 0.273. The molecule has 0 aliphatic carbocycles. The van der Waals surface area contributed by atoms with Crippen molar-refractivity contribution in [1.29, 1.82) is 0 Å². The molecule has 0 bridgehead atoms. The number of carbonyl (C=O) groups excluding carboxylic acids is 1. The fourth-order valence-electron chi connectivity index (χ4n) is 1.45. The van der Waals surface area contributed by atoms with Crippen molar-refractivity contribution in [2.75, 3.05) is 0 Å². The molecule has 1 aromatic carbocycles. The lowest BCUT2D eigenvalue weighted by Gasteiger charge is -2.16. The molecule has 1 aromatic rings. The lowest BCUT2D eigenvalue weighted by Crippen LogP contribution is -2.28. The monoisotopic (exact) mass is 261 g/mol. The molecule has 0 heterocycles. The number of carboxylic acids is 1. The maximum absolute atomic E-state index is 13.0. The Morgan fingerprint density at radius 1 is 1.28 bits per heavy atom. The molecule has 0 saturated carbocycles. The minimum atomic E-state index is -1.64. The summed E-state index contributed by atoms with van der Waals surface area (Å²) in [6, 6.07) is 0.189. The van der Waals surface area contributed by atoms with Crippen molar-refractivity contribution >= 4 is 11.9 Å². The second-order valence-electron chi connectivity index (χ2n) is 3.65. The highest BCUT2D eigenvalue weighted by Gasteiger charge is 2.20. The molecule has 18 heavy (non-hydrogen) atoms. The quantitative estimate of drug-likeness (QED) is 0.811. The van der Waals surface area contributed by atoms with Crippen LogP contribution >= 0.6 is 0 Å². The fourth-order valence-corrected chi connectivity index (χ4v) is 1.45. The van der Waals surface area contributed by atoms with Gasteiger partial charge in [-0.3, -0.25) is 9.59 Å². The van der Waals surface area contributed by atoms with Gasteiger partial charge >= 0.3 is 5.97 Å². The van der Waals surface area contributed by atoms with Gasteiger partial charge in [0.1, 0.15) is 0 Å². The molecule has 0 spiro atoms. The molecular weight excluding hydrogens is 251 g/mol. The zero-order chi connectivity index (χ0) is 13.9. The largest absolute Gasteiger partial charge is 0.481 e. The first-order valence-corrected chi connectivity index (χ1v) is 4.94. The Hall–Kier alpha value is -2.05. The van der Waals surface area contributed by atoms with Crippen molar-refractivity contribution in [3.8, 4) is 0 Å². The van der Waals surface area contributed by atoms with Crippen molar-refractivity contribution in [3.05, 3.63) is 35.1 Å². The Bertz CT molecular complexity index is 451. The molecule has 0 fully saturated rings. The molecule has 0 aromatic heterocycles. The topological polar surface area (TPSA) is 66.4 Å². The van der Waals surface area contributed by atoms with Gasteiger partial charge in [0.05, 0.1) is 12.5 Å². The zero-order valence-corrected chi connectivity index (χ0v) is 9.34. The third kappa shape index (κ3) is 3.47. The van der Waals surface area contributed by atoms with Crippen LogP contribution in [-0.2, 0) is 9.59 Å². The van der Waals surface area contributed by atoms with E-state index in [9.17, 15) is 22.8 Å². The standard InChI is InChI=1S/C11H10F3NO3/c1-5(16)15-9(4-10(17)18)6-2-7(12)11(14)8(13)3-6/h2-3,9H,4H2,1H3,(H,15,16)(H,17,18)/t9-/m0/s1. The molecule has 0 aliphatic rings. The number of aliphatic carboxylic acids is 1. The Balaban J connectivity index is 3.12. The van der Waals surface area contributed by atoms with E-state index in [0.717, 1.165) is 6.92 Å². The Morgan fingerprint density at radius 2 is 1.78 bits per heavy atom. The summed E-state index contributed by atoms with van der Waals surface area (Å²) in [6.45, 7) is 1.13. The molecule has 0 radical (unpaired) electrons. The van der Waals surface area contributed by atoms with Gasteiger partial charge in [0.15, 0.2) is 17.5 Å². The van der Waals surface area contributed by atoms with Gasteiger partial charge in [-0.25, -0.2) is 13.2 Å². The predicted molar refractivity (Wildman–Crippen MR) is 55.1 cm³/mol. The summed E-state index contributed by atoms with van der Waals surface area (Å²) in [6.07, 6.45) is -0.565. The van der Waals surface area contributed by atoms with E-state index < -0.39 is 41.8 Å². The molecule has 4 nitrogen and oxygen atoms in total. The van der Waals surface area contributed by atoms with E-state index in [1.165, 1.54) is 0 Å². The van der Waals surface area contributed by atoms with Crippen molar-refractivity contribution in [2.24, 2.45) is 0 Å². The number of halogens is 3. The van der Waals surface area contributed by atoms with Crippen LogP contribution in [0.25, 0.3) is 0 Å². The highest BCUT2D eigenvalue weighted by atomic mass is 19.2. The van der Waals surface area contributed by atoms with Gasteiger partial charge < -0.3 is 10.4 Å². The summed E-state index contributed by atoms with van der Waals surface area (Å²) in [7, 11) is 0. The molecule has 0 aliphatic heterocycles. The van der Waals surface area contributed by atoms with Gasteiger partial charge in [-0.15, -0.1) is 0 Å². The summed E-state index contributed by atoms with van der Waals surface area (Å²) in [4.78, 5) is 21.5. The second-order valence-corrected chi connectivity index (χ2v) is 3.65. The van der Waals surface area contributed by atoms with Crippen LogP contribution in [0, 0.1) is 17.5 Å². The Kier molecular flexibility index (Phi) is 4.30. The first kappa shape index (κ1) is 14.0. The molecule has 0 saturated heterocycles. The summed E-state index contributed by atoms with van der Waals surface area (Å²) < 4.78 is 38.7. The molecule has 1 rings (SSSR count). The number of hydrogen-bond acceptors (Lipinski definition) is 2. The molecule has 7 heteroatoms. The molecular formula is C11H10F3NO3. The first-order valence-electron chi connectivity index (χ1n) is 4.94. The van der Waals surface area contributed by atoms with Crippen LogP contribution in [0.15, 0.2) is 12.1 Å². The van der Waals surface area contributed by atoms with Crippen LogP contribution in [0.5, 0.6) is 0 Å². The minimum absolute atomic E-state index is 0.149. The molecule has 1 amide bonds. The van der Waals surface area contributed by atoms with Gasteiger partial charge in [-0.2, -0.15) is 0 Å². The van der Waals surface area contributed by atoms with E-state index in [1.807, 2.05) is 0 Å². The first-order chi connectivity index (χ1) is 8.31. The lowest BCUT2D eigenvalue weighted by atomic mass is 10.0. The SMILES string of the molecule is CC(=O)N[C@@H](CC(=O)O)c1cc(F)c(F)c(F)c1. The van der Waals surface area contributed by atoms with Crippen molar-refractivity contribution in [2.45, 2.75) is 19.4 Å². The maximum Gasteiger partial charge on any atom is 0.305 e. The predicted octanol–water partition coefficient (Wildman–Crippen LogP) is 1.76. The van der Waals surface area contributed by atoms with Gasteiger partial charge in [0.25, 0.3) is 0 Å². The van der Waals surface area contributed by atoms with E-state index in [2.05, 4.69) is 5.32 Å². The smallest absolute Gasteiger partial charge is 0.305 e. The zero-order valence-electron chi connectivity index (χ0n) is 9.34. The third-order valence-corrected chi connectivity index (χ3v) is 2.16. The summed E-state index contributed by atoms with van der Waals surface area (Å²) >= 11 is 0. The normalized spacial score (nSPS) is 12.0. The highest BCUT2D eigenvalue weighted by Crippen LogP contribution is 2.21. The summed E-state index contributed by atoms with van der Waals surface area (Å²) in [5, 5.41) is 10.9. The van der Waals surface area contributed by atoms with Crippen molar-refractivity contribution in [1.82, 2.24) is 5.32 Å². The van der Waals surface area contributed by atoms with E-state index in [4.69, 9.17) is 5.11 Å². The third-order valence-electron chi connectivity index (χ3n) is 2.16. The average Bonchev–Trinajstić information content (AvgIpc) is 2.23. The van der Waals surface area contributed by atoms with Crippen LogP contribution in [0.4, 0.5) is 13.2 Å².